The first kappa shape index (κ1) is 17.3. The maximum absolute atomic E-state index is 11.5. The van der Waals surface area contributed by atoms with Crippen molar-refractivity contribution >= 4 is 15.7 Å². The smallest absolute Gasteiger partial charge is 0.236 e. The Hall–Kier alpha value is -0.660. The van der Waals surface area contributed by atoms with Gasteiger partial charge in [-0.25, -0.2) is 8.42 Å². The summed E-state index contributed by atoms with van der Waals surface area (Å²) in [7, 11) is -1.49. The number of rotatable bonds is 9. The van der Waals surface area contributed by atoms with E-state index in [1.165, 1.54) is 0 Å². The van der Waals surface area contributed by atoms with E-state index < -0.39 is 15.9 Å². The molecule has 0 aliphatic rings. The van der Waals surface area contributed by atoms with E-state index in [0.717, 1.165) is 0 Å². The van der Waals surface area contributed by atoms with Crippen LogP contribution in [0.25, 0.3) is 0 Å². The number of hydrogen-bond acceptors (Lipinski definition) is 5. The predicted octanol–water partition coefficient (Wildman–Crippen LogP) is -0.450. The first-order chi connectivity index (χ1) is 8.31. The third-order valence-corrected chi connectivity index (χ3v) is 4.76. The molecule has 7 heteroatoms. The van der Waals surface area contributed by atoms with Crippen molar-refractivity contribution < 1.29 is 17.9 Å². The molecular formula is C11H24N2O4S. The molecule has 0 fully saturated rings. The summed E-state index contributed by atoms with van der Waals surface area (Å²) in [6.07, 6.45) is 0. The number of hydrogen-bond donors (Lipinski definition) is 2. The molecular weight excluding hydrogens is 256 g/mol. The molecule has 0 rings (SSSR count). The molecule has 0 aromatic carbocycles. The highest BCUT2D eigenvalue weighted by molar-refractivity contribution is 7.92. The van der Waals surface area contributed by atoms with Gasteiger partial charge in [0.1, 0.15) is 0 Å². The highest BCUT2D eigenvalue weighted by atomic mass is 32.2. The minimum Gasteiger partial charge on any atom is -0.383 e. The first-order valence-electron chi connectivity index (χ1n) is 6.03. The van der Waals surface area contributed by atoms with Gasteiger partial charge in [-0.2, -0.15) is 0 Å². The monoisotopic (exact) mass is 280 g/mol. The van der Waals surface area contributed by atoms with E-state index in [1.807, 2.05) is 0 Å². The zero-order valence-electron chi connectivity index (χ0n) is 11.5. The predicted molar refractivity (Wildman–Crippen MR) is 71.3 cm³/mol. The third kappa shape index (κ3) is 6.93. The van der Waals surface area contributed by atoms with Crippen LogP contribution >= 0.6 is 0 Å². The molecule has 108 valence electrons. The van der Waals surface area contributed by atoms with Crippen molar-refractivity contribution in [3.63, 3.8) is 0 Å². The summed E-state index contributed by atoms with van der Waals surface area (Å²) in [5.41, 5.74) is 0. The van der Waals surface area contributed by atoms with E-state index in [0.29, 0.717) is 13.2 Å². The molecule has 0 spiro atoms. The van der Waals surface area contributed by atoms with Crippen LogP contribution in [-0.4, -0.2) is 58.2 Å². The van der Waals surface area contributed by atoms with Crippen LogP contribution in [0, 0.1) is 0 Å². The van der Waals surface area contributed by atoms with Gasteiger partial charge in [-0.3, -0.25) is 4.79 Å². The summed E-state index contributed by atoms with van der Waals surface area (Å²) >= 11 is 0. The van der Waals surface area contributed by atoms with Crippen LogP contribution < -0.4 is 10.6 Å². The van der Waals surface area contributed by atoms with Gasteiger partial charge in [-0.1, -0.05) is 0 Å². The molecule has 1 atom stereocenters. The van der Waals surface area contributed by atoms with E-state index in [-0.39, 0.29) is 23.5 Å². The maximum Gasteiger partial charge on any atom is 0.236 e. The van der Waals surface area contributed by atoms with Crippen molar-refractivity contribution in [1.82, 2.24) is 10.6 Å². The molecule has 1 amide bonds. The number of carbonyl (C=O) groups excluding carboxylic acids is 1. The minimum absolute atomic E-state index is 0.0420. The first-order valence-corrected chi connectivity index (χ1v) is 7.74. The second-order valence-electron chi connectivity index (χ2n) is 4.38. The van der Waals surface area contributed by atoms with E-state index in [9.17, 15) is 13.2 Å². The lowest BCUT2D eigenvalue weighted by Gasteiger charge is -2.14. The second-order valence-corrected chi connectivity index (χ2v) is 7.05. The van der Waals surface area contributed by atoms with Crippen LogP contribution in [0.1, 0.15) is 20.8 Å². The fraction of sp³-hybridized carbons (Fsp3) is 0.909. The van der Waals surface area contributed by atoms with Crippen molar-refractivity contribution in [2.24, 2.45) is 0 Å². The van der Waals surface area contributed by atoms with Gasteiger partial charge in [-0.15, -0.1) is 0 Å². The standard InChI is InChI=1S/C11H24N2O4S/c1-9(2)18(15,16)8-6-12-10(3)11(14)13-5-7-17-4/h9-10,12H,5-8H2,1-4H3,(H,13,14). The molecule has 0 bridgehead atoms. The van der Waals surface area contributed by atoms with E-state index >= 15 is 0 Å². The van der Waals surface area contributed by atoms with Crippen molar-refractivity contribution in [3.05, 3.63) is 0 Å². The van der Waals surface area contributed by atoms with Gasteiger partial charge in [0, 0.05) is 20.2 Å². The van der Waals surface area contributed by atoms with E-state index in [4.69, 9.17) is 4.74 Å². The van der Waals surface area contributed by atoms with Gasteiger partial charge in [0.2, 0.25) is 5.91 Å². The lowest BCUT2D eigenvalue weighted by atomic mass is 10.3. The summed E-state index contributed by atoms with van der Waals surface area (Å²) in [4.78, 5) is 11.5. The van der Waals surface area contributed by atoms with Crippen LogP contribution in [0.2, 0.25) is 0 Å². The highest BCUT2D eigenvalue weighted by Crippen LogP contribution is 1.99. The summed E-state index contributed by atoms with van der Waals surface area (Å²) in [6, 6.07) is -0.413. The molecule has 6 nitrogen and oxygen atoms in total. The molecule has 0 radical (unpaired) electrons. The van der Waals surface area contributed by atoms with Gasteiger partial charge < -0.3 is 15.4 Å². The number of amides is 1. The molecule has 2 N–H and O–H groups in total. The molecule has 0 aliphatic carbocycles. The van der Waals surface area contributed by atoms with E-state index in [2.05, 4.69) is 10.6 Å². The maximum atomic E-state index is 11.5. The normalized spacial score (nSPS) is 13.6. The zero-order chi connectivity index (χ0) is 14.2. The molecule has 0 saturated carbocycles. The summed E-state index contributed by atoms with van der Waals surface area (Å²) in [5.74, 6) is -0.116. The number of nitrogens with one attached hydrogen (secondary N) is 2. The lowest BCUT2D eigenvalue weighted by molar-refractivity contribution is -0.122. The van der Waals surface area contributed by atoms with Crippen molar-refractivity contribution in [3.8, 4) is 0 Å². The van der Waals surface area contributed by atoms with Crippen LogP contribution in [0.5, 0.6) is 0 Å². The van der Waals surface area contributed by atoms with Gasteiger partial charge >= 0.3 is 0 Å². The van der Waals surface area contributed by atoms with Gasteiger partial charge in [0.25, 0.3) is 0 Å². The van der Waals surface area contributed by atoms with Crippen molar-refractivity contribution in [2.75, 3.05) is 32.6 Å². The lowest BCUT2D eigenvalue weighted by Crippen LogP contribution is -2.44. The average Bonchev–Trinajstić information content (AvgIpc) is 2.28. The fourth-order valence-corrected chi connectivity index (χ4v) is 2.05. The van der Waals surface area contributed by atoms with Gasteiger partial charge in [0.05, 0.1) is 23.7 Å². The molecule has 0 aromatic rings. The van der Waals surface area contributed by atoms with Crippen LogP contribution in [0.15, 0.2) is 0 Å². The topological polar surface area (TPSA) is 84.5 Å². The largest absolute Gasteiger partial charge is 0.383 e. The minimum atomic E-state index is -3.05. The molecule has 0 heterocycles. The number of carbonyl (C=O) groups is 1. The third-order valence-electron chi connectivity index (χ3n) is 2.55. The molecule has 1 unspecified atom stereocenters. The summed E-state index contributed by atoms with van der Waals surface area (Å²) < 4.78 is 27.9. The number of sulfone groups is 1. The molecule has 0 aromatic heterocycles. The summed E-state index contributed by atoms with van der Waals surface area (Å²) in [5, 5.41) is 5.18. The number of methoxy groups -OCH3 is 1. The molecule has 18 heavy (non-hydrogen) atoms. The summed E-state index contributed by atoms with van der Waals surface area (Å²) in [6.45, 7) is 6.18. The Morgan fingerprint density at radius 2 is 1.83 bits per heavy atom. The Morgan fingerprint density at radius 1 is 1.22 bits per heavy atom. The number of ether oxygens (including phenoxy) is 1. The molecule has 0 aliphatic heterocycles. The van der Waals surface area contributed by atoms with Gasteiger partial charge in [0.15, 0.2) is 9.84 Å². The quantitative estimate of drug-likeness (QED) is 0.559. The Balaban J connectivity index is 3.90. The Morgan fingerprint density at radius 3 is 2.33 bits per heavy atom. The van der Waals surface area contributed by atoms with Crippen LogP contribution in [0.3, 0.4) is 0 Å². The Bertz CT molecular complexity index is 341. The highest BCUT2D eigenvalue weighted by Gasteiger charge is 2.17. The fourth-order valence-electron chi connectivity index (χ4n) is 1.18. The van der Waals surface area contributed by atoms with Crippen molar-refractivity contribution in [1.29, 1.82) is 0 Å². The van der Waals surface area contributed by atoms with Gasteiger partial charge in [-0.05, 0) is 20.8 Å². The van der Waals surface area contributed by atoms with E-state index in [1.54, 1.807) is 27.9 Å². The Kier molecular flexibility index (Phi) is 8.13. The average molecular weight is 280 g/mol. The van der Waals surface area contributed by atoms with Crippen LogP contribution in [0.4, 0.5) is 0 Å². The zero-order valence-corrected chi connectivity index (χ0v) is 12.3. The second kappa shape index (κ2) is 8.44. The SMILES string of the molecule is COCCNC(=O)C(C)NCCS(=O)(=O)C(C)C. The van der Waals surface area contributed by atoms with Crippen LogP contribution in [-0.2, 0) is 19.4 Å². The molecule has 0 saturated heterocycles. The van der Waals surface area contributed by atoms with Crippen molar-refractivity contribution in [2.45, 2.75) is 32.1 Å². The Labute approximate surface area is 109 Å².